The maximum Gasteiger partial charge on any atom is 0.325 e. The van der Waals surface area contributed by atoms with Crippen LogP contribution in [0.4, 0.5) is 14.5 Å². The molecule has 0 heterocycles. The third-order valence-electron chi connectivity index (χ3n) is 2.65. The molecule has 2 N–H and O–H groups in total. The van der Waals surface area contributed by atoms with E-state index in [0.29, 0.717) is 6.42 Å². The van der Waals surface area contributed by atoms with Crippen molar-refractivity contribution >= 4 is 17.6 Å². The highest BCUT2D eigenvalue weighted by molar-refractivity contribution is 6.00. The van der Waals surface area contributed by atoms with Crippen molar-refractivity contribution in [2.24, 2.45) is 0 Å². The summed E-state index contributed by atoms with van der Waals surface area (Å²) in [7, 11) is 1.20. The highest BCUT2D eigenvalue weighted by Gasteiger charge is 2.22. The second-order valence-electron chi connectivity index (χ2n) is 4.16. The van der Waals surface area contributed by atoms with Gasteiger partial charge in [0, 0.05) is 18.3 Å². The average Bonchev–Trinajstić information content (AvgIpc) is 2.41. The van der Waals surface area contributed by atoms with Crippen LogP contribution in [0.25, 0.3) is 0 Å². The third-order valence-corrected chi connectivity index (χ3v) is 2.65. The molecule has 0 saturated heterocycles. The molecule has 0 aromatic heterocycles. The Balaban J connectivity index is 3.05. The number of hydrogen-bond acceptors (Lipinski definition) is 4. The van der Waals surface area contributed by atoms with Crippen LogP contribution in [-0.2, 0) is 9.53 Å². The van der Waals surface area contributed by atoms with Gasteiger partial charge in [-0.05, 0) is 12.5 Å². The molecular weight excluding hydrogens is 270 g/mol. The molecule has 0 atom stereocenters. The lowest BCUT2D eigenvalue weighted by Gasteiger charge is -2.21. The Labute approximate surface area is 115 Å². The number of carbonyl (C=O) groups is 2. The molecule has 0 aliphatic rings. The van der Waals surface area contributed by atoms with E-state index in [0.717, 1.165) is 12.1 Å². The van der Waals surface area contributed by atoms with E-state index in [1.54, 1.807) is 0 Å². The van der Waals surface area contributed by atoms with Crippen LogP contribution in [0.2, 0.25) is 0 Å². The van der Waals surface area contributed by atoms with Gasteiger partial charge in [-0.15, -0.1) is 0 Å². The highest BCUT2D eigenvalue weighted by atomic mass is 19.2. The average molecular weight is 286 g/mol. The molecule has 110 valence electrons. The van der Waals surface area contributed by atoms with E-state index in [1.165, 1.54) is 12.0 Å². The van der Waals surface area contributed by atoms with E-state index in [2.05, 4.69) is 4.74 Å². The maximum atomic E-state index is 13.2. The molecule has 1 aromatic carbocycles. The molecule has 0 radical (unpaired) electrons. The molecule has 0 saturated carbocycles. The number of anilines is 1. The van der Waals surface area contributed by atoms with Crippen molar-refractivity contribution in [2.75, 3.05) is 25.9 Å². The minimum absolute atomic E-state index is 0.179. The zero-order valence-corrected chi connectivity index (χ0v) is 11.3. The van der Waals surface area contributed by atoms with Crippen molar-refractivity contribution in [3.63, 3.8) is 0 Å². The van der Waals surface area contributed by atoms with Gasteiger partial charge < -0.3 is 15.4 Å². The van der Waals surface area contributed by atoms with Crippen LogP contribution in [0.15, 0.2) is 12.1 Å². The molecule has 1 amide bonds. The highest BCUT2D eigenvalue weighted by Crippen LogP contribution is 2.19. The van der Waals surface area contributed by atoms with Gasteiger partial charge in [0.25, 0.3) is 5.91 Å². The van der Waals surface area contributed by atoms with E-state index in [-0.39, 0.29) is 24.3 Å². The SMILES string of the molecule is CCCN(CC(=O)OC)C(=O)c1cc(F)c(F)cc1N. The molecule has 0 aliphatic carbocycles. The van der Waals surface area contributed by atoms with Crippen LogP contribution in [0.3, 0.4) is 0 Å². The van der Waals surface area contributed by atoms with E-state index in [1.807, 2.05) is 6.92 Å². The van der Waals surface area contributed by atoms with Gasteiger partial charge in [-0.1, -0.05) is 6.92 Å². The molecule has 0 aliphatic heterocycles. The standard InChI is InChI=1S/C13H16F2N2O3/c1-3-4-17(7-12(18)20-2)13(19)8-5-9(14)10(15)6-11(8)16/h5-6H,3-4,7,16H2,1-2H3. The zero-order valence-electron chi connectivity index (χ0n) is 11.3. The van der Waals surface area contributed by atoms with Gasteiger partial charge in [-0.3, -0.25) is 9.59 Å². The first-order chi connectivity index (χ1) is 9.40. The normalized spacial score (nSPS) is 10.2. The second kappa shape index (κ2) is 6.83. The number of ether oxygens (including phenoxy) is 1. The first kappa shape index (κ1) is 15.9. The van der Waals surface area contributed by atoms with E-state index >= 15 is 0 Å². The van der Waals surface area contributed by atoms with Crippen LogP contribution in [0, 0.1) is 11.6 Å². The third kappa shape index (κ3) is 3.66. The fourth-order valence-corrected chi connectivity index (χ4v) is 1.66. The van der Waals surface area contributed by atoms with E-state index < -0.39 is 23.5 Å². The minimum atomic E-state index is -1.17. The van der Waals surface area contributed by atoms with E-state index in [9.17, 15) is 18.4 Å². The summed E-state index contributed by atoms with van der Waals surface area (Å²) in [6, 6.07) is 1.47. The van der Waals surface area contributed by atoms with Gasteiger partial charge in [0.15, 0.2) is 11.6 Å². The summed E-state index contributed by atoms with van der Waals surface area (Å²) >= 11 is 0. The monoisotopic (exact) mass is 286 g/mol. The Kier molecular flexibility index (Phi) is 5.42. The van der Waals surface area contributed by atoms with Gasteiger partial charge in [0.05, 0.1) is 12.7 Å². The lowest BCUT2D eigenvalue weighted by molar-refractivity contribution is -0.141. The van der Waals surface area contributed by atoms with Gasteiger partial charge in [-0.25, -0.2) is 8.78 Å². The van der Waals surface area contributed by atoms with Gasteiger partial charge in [0.2, 0.25) is 0 Å². The lowest BCUT2D eigenvalue weighted by Crippen LogP contribution is -2.37. The largest absolute Gasteiger partial charge is 0.468 e. The van der Waals surface area contributed by atoms with Gasteiger partial charge in [-0.2, -0.15) is 0 Å². The first-order valence-corrected chi connectivity index (χ1v) is 6.01. The molecule has 0 fully saturated rings. The van der Waals surface area contributed by atoms with Gasteiger partial charge in [0.1, 0.15) is 6.54 Å². The Morgan fingerprint density at radius 1 is 1.30 bits per heavy atom. The number of hydrogen-bond donors (Lipinski definition) is 1. The zero-order chi connectivity index (χ0) is 15.3. The maximum absolute atomic E-state index is 13.2. The second-order valence-corrected chi connectivity index (χ2v) is 4.16. The lowest BCUT2D eigenvalue weighted by atomic mass is 10.1. The van der Waals surface area contributed by atoms with Gasteiger partial charge >= 0.3 is 5.97 Å². The predicted molar refractivity (Wildman–Crippen MR) is 69.0 cm³/mol. The summed E-state index contributed by atoms with van der Waals surface area (Å²) in [5.41, 5.74) is 5.16. The molecule has 5 nitrogen and oxygen atoms in total. The molecular formula is C13H16F2N2O3. The number of rotatable bonds is 5. The fraction of sp³-hybridized carbons (Fsp3) is 0.385. The van der Waals surface area contributed by atoms with Crippen molar-refractivity contribution in [2.45, 2.75) is 13.3 Å². The topological polar surface area (TPSA) is 72.6 Å². The summed E-state index contributed by atoms with van der Waals surface area (Å²) < 4.78 is 30.7. The molecule has 1 aromatic rings. The number of nitrogens with two attached hydrogens (primary N) is 1. The number of carbonyl (C=O) groups excluding carboxylic acids is 2. The summed E-state index contributed by atoms with van der Waals surface area (Å²) in [6.07, 6.45) is 0.590. The van der Waals surface area contributed by atoms with E-state index in [4.69, 9.17) is 5.73 Å². The number of amides is 1. The molecule has 0 spiro atoms. The number of esters is 1. The first-order valence-electron chi connectivity index (χ1n) is 6.01. The summed E-state index contributed by atoms with van der Waals surface area (Å²) in [4.78, 5) is 24.7. The smallest absolute Gasteiger partial charge is 0.325 e. The Hall–Kier alpha value is -2.18. The van der Waals surface area contributed by atoms with Crippen molar-refractivity contribution < 1.29 is 23.1 Å². The van der Waals surface area contributed by atoms with Crippen molar-refractivity contribution in [3.8, 4) is 0 Å². The summed E-state index contributed by atoms with van der Waals surface area (Å²) in [5, 5.41) is 0. The van der Waals surface area contributed by atoms with Crippen molar-refractivity contribution in [1.82, 2.24) is 4.90 Å². The summed E-state index contributed by atoms with van der Waals surface area (Å²) in [6.45, 7) is 1.81. The Bertz CT molecular complexity index is 521. The molecule has 20 heavy (non-hydrogen) atoms. The van der Waals surface area contributed by atoms with Crippen LogP contribution >= 0.6 is 0 Å². The number of benzene rings is 1. The number of nitrogen functional groups attached to an aromatic ring is 1. The number of methoxy groups -OCH3 is 1. The molecule has 1 rings (SSSR count). The van der Waals surface area contributed by atoms with Crippen LogP contribution in [0.5, 0.6) is 0 Å². The van der Waals surface area contributed by atoms with Crippen molar-refractivity contribution in [1.29, 1.82) is 0 Å². The van der Waals surface area contributed by atoms with Crippen LogP contribution in [-0.4, -0.2) is 37.0 Å². The predicted octanol–water partition coefficient (Wildman–Crippen LogP) is 1.57. The Morgan fingerprint density at radius 2 is 1.90 bits per heavy atom. The van der Waals surface area contributed by atoms with Crippen LogP contribution in [0.1, 0.15) is 23.7 Å². The van der Waals surface area contributed by atoms with Crippen LogP contribution < -0.4 is 5.73 Å². The van der Waals surface area contributed by atoms with Crippen molar-refractivity contribution in [3.05, 3.63) is 29.3 Å². The number of nitrogens with zero attached hydrogens (tertiary/aromatic N) is 1. The minimum Gasteiger partial charge on any atom is -0.468 e. The molecule has 0 unspecified atom stereocenters. The summed E-state index contributed by atoms with van der Waals surface area (Å²) in [5.74, 6) is -3.55. The fourth-order valence-electron chi connectivity index (χ4n) is 1.66. The quantitative estimate of drug-likeness (QED) is 0.658. The molecule has 0 bridgehead atoms. The number of halogens is 2. The Morgan fingerprint density at radius 3 is 2.45 bits per heavy atom. The molecule has 7 heteroatoms.